The molecule has 0 fully saturated rings. The highest BCUT2D eigenvalue weighted by molar-refractivity contribution is 8.00. The highest BCUT2D eigenvalue weighted by Gasteiger charge is 2.19. The standard InChI is InChI=1S/C19H19N3O2S/c1-12-7-9-15(10-8-12)18-21-22-19(24-18)25-14(3)17(23)20-16-6-4-5-13(2)11-16/h4-11,14H,1-3H3,(H,20,23). The van der Waals surface area contributed by atoms with E-state index in [1.807, 2.05) is 69.3 Å². The van der Waals surface area contributed by atoms with Crippen molar-refractivity contribution in [3.8, 4) is 11.5 Å². The highest BCUT2D eigenvalue weighted by Crippen LogP contribution is 2.27. The van der Waals surface area contributed by atoms with Crippen molar-refractivity contribution in [3.05, 3.63) is 59.7 Å². The number of benzene rings is 2. The lowest BCUT2D eigenvalue weighted by molar-refractivity contribution is -0.115. The summed E-state index contributed by atoms with van der Waals surface area (Å²) in [6.45, 7) is 5.82. The molecule has 1 unspecified atom stereocenters. The second-order valence-electron chi connectivity index (χ2n) is 5.86. The molecule has 3 aromatic rings. The Kier molecular flexibility index (Phi) is 5.19. The molecule has 0 aliphatic rings. The normalized spacial score (nSPS) is 12.0. The van der Waals surface area contributed by atoms with Crippen molar-refractivity contribution < 1.29 is 9.21 Å². The Morgan fingerprint density at radius 2 is 1.84 bits per heavy atom. The Labute approximate surface area is 150 Å². The average molecular weight is 353 g/mol. The van der Waals surface area contributed by atoms with Crippen LogP contribution in [0, 0.1) is 13.8 Å². The fourth-order valence-corrected chi connectivity index (χ4v) is 2.93. The van der Waals surface area contributed by atoms with Gasteiger partial charge in [-0.1, -0.05) is 41.6 Å². The minimum atomic E-state index is -0.355. The third kappa shape index (κ3) is 4.48. The maximum Gasteiger partial charge on any atom is 0.277 e. The number of carbonyl (C=O) groups excluding carboxylic acids is 1. The van der Waals surface area contributed by atoms with Gasteiger partial charge < -0.3 is 9.73 Å². The van der Waals surface area contributed by atoms with Gasteiger partial charge in [-0.05, 0) is 50.6 Å². The number of nitrogens with zero attached hydrogens (tertiary/aromatic N) is 2. The molecule has 1 aromatic heterocycles. The van der Waals surface area contributed by atoms with Gasteiger partial charge in [-0.25, -0.2) is 0 Å². The number of hydrogen-bond donors (Lipinski definition) is 1. The third-order valence-corrected chi connectivity index (χ3v) is 4.57. The Morgan fingerprint density at radius 1 is 1.08 bits per heavy atom. The molecule has 0 saturated carbocycles. The number of anilines is 1. The van der Waals surface area contributed by atoms with Crippen molar-refractivity contribution >= 4 is 23.4 Å². The Morgan fingerprint density at radius 3 is 2.56 bits per heavy atom. The first-order valence-electron chi connectivity index (χ1n) is 7.96. The molecule has 0 aliphatic carbocycles. The number of thioether (sulfide) groups is 1. The molecule has 1 amide bonds. The van der Waals surface area contributed by atoms with Gasteiger partial charge in [0.1, 0.15) is 0 Å². The fourth-order valence-electron chi connectivity index (χ4n) is 2.24. The predicted octanol–water partition coefficient (Wildman–Crippen LogP) is 4.47. The van der Waals surface area contributed by atoms with Crippen molar-refractivity contribution in [2.75, 3.05) is 5.32 Å². The van der Waals surface area contributed by atoms with Gasteiger partial charge in [-0.3, -0.25) is 4.79 Å². The van der Waals surface area contributed by atoms with E-state index >= 15 is 0 Å². The Hall–Kier alpha value is -2.60. The summed E-state index contributed by atoms with van der Waals surface area (Å²) in [4.78, 5) is 12.3. The average Bonchev–Trinajstić information content (AvgIpc) is 3.04. The summed E-state index contributed by atoms with van der Waals surface area (Å²) >= 11 is 1.24. The molecule has 5 nitrogen and oxygen atoms in total. The molecule has 25 heavy (non-hydrogen) atoms. The number of nitrogens with one attached hydrogen (secondary N) is 1. The van der Waals surface area contributed by atoms with Gasteiger partial charge in [0.15, 0.2) is 0 Å². The van der Waals surface area contributed by atoms with E-state index in [0.717, 1.165) is 16.8 Å². The minimum absolute atomic E-state index is 0.106. The number of amides is 1. The molecule has 128 valence electrons. The molecule has 0 aliphatic heterocycles. The summed E-state index contributed by atoms with van der Waals surface area (Å²) in [5, 5.41) is 11.0. The van der Waals surface area contributed by atoms with Gasteiger partial charge in [0.25, 0.3) is 5.22 Å². The smallest absolute Gasteiger partial charge is 0.277 e. The van der Waals surface area contributed by atoms with Gasteiger partial charge >= 0.3 is 0 Å². The van der Waals surface area contributed by atoms with Crippen molar-refractivity contribution in [3.63, 3.8) is 0 Å². The van der Waals surface area contributed by atoms with E-state index < -0.39 is 0 Å². The van der Waals surface area contributed by atoms with Gasteiger partial charge in [0.05, 0.1) is 5.25 Å². The predicted molar refractivity (Wildman–Crippen MR) is 99.6 cm³/mol. The maximum atomic E-state index is 12.3. The molecular formula is C19H19N3O2S. The molecule has 6 heteroatoms. The van der Waals surface area contributed by atoms with Crippen LogP contribution >= 0.6 is 11.8 Å². The molecular weight excluding hydrogens is 334 g/mol. The van der Waals surface area contributed by atoms with E-state index in [1.165, 1.54) is 17.3 Å². The zero-order chi connectivity index (χ0) is 17.8. The summed E-state index contributed by atoms with van der Waals surface area (Å²) in [7, 11) is 0. The molecule has 0 radical (unpaired) electrons. The van der Waals surface area contributed by atoms with Crippen molar-refractivity contribution in [1.82, 2.24) is 10.2 Å². The van der Waals surface area contributed by atoms with Crippen LogP contribution in [0.1, 0.15) is 18.1 Å². The van der Waals surface area contributed by atoms with E-state index in [0.29, 0.717) is 11.1 Å². The van der Waals surface area contributed by atoms with Crippen LogP contribution < -0.4 is 5.32 Å². The topological polar surface area (TPSA) is 68.0 Å². The summed E-state index contributed by atoms with van der Waals surface area (Å²) in [5.74, 6) is 0.347. The Balaban J connectivity index is 1.63. The summed E-state index contributed by atoms with van der Waals surface area (Å²) in [5.41, 5.74) is 3.90. The first-order valence-corrected chi connectivity index (χ1v) is 8.84. The summed E-state index contributed by atoms with van der Waals surface area (Å²) < 4.78 is 5.66. The van der Waals surface area contributed by atoms with E-state index in [-0.39, 0.29) is 11.2 Å². The minimum Gasteiger partial charge on any atom is -0.411 e. The fraction of sp³-hybridized carbons (Fsp3) is 0.211. The third-order valence-electron chi connectivity index (χ3n) is 3.64. The molecule has 2 aromatic carbocycles. The lowest BCUT2D eigenvalue weighted by Crippen LogP contribution is -2.22. The first kappa shape index (κ1) is 17.2. The lowest BCUT2D eigenvalue weighted by atomic mass is 10.1. The summed E-state index contributed by atoms with van der Waals surface area (Å²) in [6, 6.07) is 15.5. The van der Waals surface area contributed by atoms with Crippen LogP contribution in [0.3, 0.4) is 0 Å². The van der Waals surface area contributed by atoms with E-state index in [2.05, 4.69) is 15.5 Å². The Bertz CT molecular complexity index is 874. The number of hydrogen-bond acceptors (Lipinski definition) is 5. The zero-order valence-electron chi connectivity index (χ0n) is 14.3. The van der Waals surface area contributed by atoms with E-state index in [4.69, 9.17) is 4.42 Å². The number of rotatable bonds is 5. The van der Waals surface area contributed by atoms with E-state index in [1.54, 1.807) is 0 Å². The van der Waals surface area contributed by atoms with Gasteiger partial charge in [-0.2, -0.15) is 0 Å². The van der Waals surface area contributed by atoms with Gasteiger partial charge in [0.2, 0.25) is 11.8 Å². The SMILES string of the molecule is Cc1ccc(-c2nnc(SC(C)C(=O)Nc3cccc(C)c3)o2)cc1. The van der Waals surface area contributed by atoms with Gasteiger partial charge in [-0.15, -0.1) is 10.2 Å². The van der Waals surface area contributed by atoms with Crippen LogP contribution in [0.5, 0.6) is 0 Å². The number of aromatic nitrogens is 2. The lowest BCUT2D eigenvalue weighted by Gasteiger charge is -2.10. The van der Waals surface area contributed by atoms with Crippen LogP contribution in [0.2, 0.25) is 0 Å². The molecule has 3 rings (SSSR count). The van der Waals surface area contributed by atoms with Crippen LogP contribution in [0.15, 0.2) is 58.2 Å². The monoisotopic (exact) mass is 353 g/mol. The first-order chi connectivity index (χ1) is 12.0. The molecule has 0 bridgehead atoms. The molecule has 1 N–H and O–H groups in total. The van der Waals surface area contributed by atoms with Crippen molar-refractivity contribution in [1.29, 1.82) is 0 Å². The largest absolute Gasteiger partial charge is 0.411 e. The van der Waals surface area contributed by atoms with Gasteiger partial charge in [0, 0.05) is 11.3 Å². The summed E-state index contributed by atoms with van der Waals surface area (Å²) in [6.07, 6.45) is 0. The van der Waals surface area contributed by atoms with Crippen molar-refractivity contribution in [2.45, 2.75) is 31.2 Å². The molecule has 1 heterocycles. The zero-order valence-corrected chi connectivity index (χ0v) is 15.1. The number of aryl methyl sites for hydroxylation is 2. The molecule has 1 atom stereocenters. The second kappa shape index (κ2) is 7.53. The van der Waals surface area contributed by atoms with Crippen molar-refractivity contribution in [2.24, 2.45) is 0 Å². The van der Waals surface area contributed by atoms with Crippen LogP contribution in [0.25, 0.3) is 11.5 Å². The number of carbonyl (C=O) groups is 1. The quantitative estimate of drug-likeness (QED) is 0.685. The van der Waals surface area contributed by atoms with Crippen LogP contribution in [-0.4, -0.2) is 21.4 Å². The van der Waals surface area contributed by atoms with E-state index in [9.17, 15) is 4.79 Å². The molecule has 0 spiro atoms. The molecule has 0 saturated heterocycles. The van der Waals surface area contributed by atoms with Crippen LogP contribution in [0.4, 0.5) is 5.69 Å². The maximum absolute atomic E-state index is 12.3. The van der Waals surface area contributed by atoms with Crippen LogP contribution in [-0.2, 0) is 4.79 Å². The second-order valence-corrected chi connectivity index (χ2v) is 7.15. The highest BCUT2D eigenvalue weighted by atomic mass is 32.2.